The highest BCUT2D eigenvalue weighted by Crippen LogP contribution is 2.22. The van der Waals surface area contributed by atoms with Crippen LogP contribution in [0.2, 0.25) is 0 Å². The van der Waals surface area contributed by atoms with Gasteiger partial charge in [0.2, 0.25) is 0 Å². The Morgan fingerprint density at radius 3 is 2.44 bits per heavy atom. The van der Waals surface area contributed by atoms with Crippen molar-refractivity contribution in [1.29, 1.82) is 0 Å². The van der Waals surface area contributed by atoms with Crippen molar-refractivity contribution in [3.8, 4) is 11.5 Å². The number of hydrazone groups is 1. The Kier molecular flexibility index (Phi) is 7.09. The number of hydrogen-bond donors (Lipinski definition) is 3. The predicted molar refractivity (Wildman–Crippen MR) is 100 cm³/mol. The van der Waals surface area contributed by atoms with Crippen molar-refractivity contribution in [3.63, 3.8) is 0 Å². The van der Waals surface area contributed by atoms with Crippen molar-refractivity contribution in [1.82, 2.24) is 10.9 Å². The van der Waals surface area contributed by atoms with Crippen molar-refractivity contribution in [2.24, 2.45) is 5.10 Å². The molecule has 0 atom stereocenters. The van der Waals surface area contributed by atoms with E-state index >= 15 is 0 Å². The first-order valence-electron chi connectivity index (χ1n) is 7.85. The van der Waals surface area contributed by atoms with Crippen LogP contribution < -0.4 is 20.4 Å². The summed E-state index contributed by atoms with van der Waals surface area (Å²) in [6, 6.07) is 11.7. The number of carbonyl (C=O) groups excluding carboxylic acids is 2. The maximum atomic E-state index is 12.1. The molecule has 2 aromatic rings. The van der Waals surface area contributed by atoms with Gasteiger partial charge >= 0.3 is 0 Å². The van der Waals surface area contributed by atoms with Crippen LogP contribution >= 0.6 is 0 Å². The molecular weight excluding hydrogens is 350 g/mol. The number of ether oxygens (including phenoxy) is 2. The normalized spacial score (nSPS) is 10.8. The smallest absolute Gasteiger partial charge is 0.271 e. The molecule has 0 bridgehead atoms. The van der Waals surface area contributed by atoms with Gasteiger partial charge in [0.1, 0.15) is 11.5 Å². The number of hydrogen-bond acceptors (Lipinski definition) is 6. The van der Waals surface area contributed by atoms with Crippen LogP contribution in [0.1, 0.15) is 21.5 Å². The first kappa shape index (κ1) is 19.7. The zero-order chi connectivity index (χ0) is 19.6. The van der Waals surface area contributed by atoms with Crippen LogP contribution in [0.5, 0.6) is 11.5 Å². The van der Waals surface area contributed by atoms with E-state index in [4.69, 9.17) is 14.7 Å². The summed E-state index contributed by atoms with van der Waals surface area (Å²) in [6.07, 6.45) is 4.14. The third kappa shape index (κ3) is 5.68. The Bertz CT molecular complexity index is 860. The van der Waals surface area contributed by atoms with Gasteiger partial charge in [-0.1, -0.05) is 12.1 Å². The molecule has 0 unspecified atom stereocenters. The van der Waals surface area contributed by atoms with Gasteiger partial charge in [-0.25, -0.2) is 10.9 Å². The first-order chi connectivity index (χ1) is 13.1. The third-order valence-corrected chi connectivity index (χ3v) is 3.52. The van der Waals surface area contributed by atoms with Crippen molar-refractivity contribution >= 4 is 24.1 Å². The summed E-state index contributed by atoms with van der Waals surface area (Å²) < 4.78 is 10.4. The molecule has 0 spiro atoms. The quantitative estimate of drug-likeness (QED) is 0.299. The van der Waals surface area contributed by atoms with E-state index < -0.39 is 5.91 Å². The van der Waals surface area contributed by atoms with Gasteiger partial charge in [-0.15, -0.1) is 0 Å². The lowest BCUT2D eigenvalue weighted by molar-refractivity contribution is -0.124. The molecule has 0 radical (unpaired) electrons. The fraction of sp³-hybridized carbons (Fsp3) is 0.105. The number of carbonyl (C=O) groups is 2. The molecule has 0 aliphatic rings. The number of nitrogens with one attached hydrogen (secondary N) is 2. The molecule has 8 heteroatoms. The minimum Gasteiger partial charge on any atom is -0.497 e. The van der Waals surface area contributed by atoms with E-state index in [1.165, 1.54) is 31.0 Å². The van der Waals surface area contributed by atoms with E-state index in [0.29, 0.717) is 28.2 Å². The molecular formula is C19H19N3O5. The summed E-state index contributed by atoms with van der Waals surface area (Å²) >= 11 is 0. The maximum absolute atomic E-state index is 12.1. The summed E-state index contributed by atoms with van der Waals surface area (Å²) in [5.41, 5.74) is 5.71. The molecule has 0 aliphatic heterocycles. The van der Waals surface area contributed by atoms with Crippen LogP contribution in [0.4, 0.5) is 0 Å². The lowest BCUT2D eigenvalue weighted by atomic mass is 10.1. The van der Waals surface area contributed by atoms with Gasteiger partial charge in [-0.05, 0) is 35.9 Å². The molecule has 3 N–H and O–H groups in total. The third-order valence-electron chi connectivity index (χ3n) is 3.52. The molecule has 140 valence electrons. The van der Waals surface area contributed by atoms with Gasteiger partial charge in [-0.2, -0.15) is 5.10 Å². The van der Waals surface area contributed by atoms with E-state index in [9.17, 15) is 9.59 Å². The van der Waals surface area contributed by atoms with Crippen molar-refractivity contribution in [3.05, 3.63) is 65.2 Å². The number of amides is 2. The highest BCUT2D eigenvalue weighted by atomic mass is 16.5. The van der Waals surface area contributed by atoms with Gasteiger partial charge in [-0.3, -0.25) is 14.8 Å². The second-order valence-electron chi connectivity index (χ2n) is 5.24. The number of rotatable bonds is 7. The van der Waals surface area contributed by atoms with E-state index in [2.05, 4.69) is 10.5 Å². The number of methoxy groups -OCH3 is 2. The van der Waals surface area contributed by atoms with E-state index in [1.54, 1.807) is 49.6 Å². The van der Waals surface area contributed by atoms with Crippen molar-refractivity contribution in [2.45, 2.75) is 0 Å². The van der Waals surface area contributed by atoms with Gasteiger partial charge < -0.3 is 9.47 Å². The zero-order valence-electron chi connectivity index (χ0n) is 14.8. The Morgan fingerprint density at radius 2 is 1.81 bits per heavy atom. The van der Waals surface area contributed by atoms with Crippen LogP contribution in [-0.4, -0.2) is 37.5 Å². The minimum atomic E-state index is -0.639. The topological polar surface area (TPSA) is 109 Å². The van der Waals surface area contributed by atoms with Gasteiger partial charge in [0.25, 0.3) is 11.8 Å². The Morgan fingerprint density at radius 1 is 1.07 bits per heavy atom. The van der Waals surface area contributed by atoms with Crippen LogP contribution in [0.15, 0.2) is 53.6 Å². The average molecular weight is 369 g/mol. The lowest BCUT2D eigenvalue weighted by Gasteiger charge is -2.07. The summed E-state index contributed by atoms with van der Waals surface area (Å²) in [5.74, 6) is 0.191. The van der Waals surface area contributed by atoms with Crippen LogP contribution in [0.3, 0.4) is 0 Å². The zero-order valence-corrected chi connectivity index (χ0v) is 14.8. The summed E-state index contributed by atoms with van der Waals surface area (Å²) in [5, 5.41) is 12.4. The van der Waals surface area contributed by atoms with E-state index in [-0.39, 0.29) is 5.91 Å². The largest absolute Gasteiger partial charge is 0.497 e. The SMILES string of the molecule is COc1ccc(/C=N/NC(=O)c2ccc(/C=C/C(=O)NO)cc2)c(OC)c1. The number of hydroxylamine groups is 1. The van der Waals surface area contributed by atoms with E-state index in [1.807, 2.05) is 0 Å². The van der Waals surface area contributed by atoms with Crippen LogP contribution in [0, 0.1) is 0 Å². The molecule has 0 heterocycles. The molecule has 2 amide bonds. The maximum Gasteiger partial charge on any atom is 0.271 e. The van der Waals surface area contributed by atoms with Gasteiger partial charge in [0, 0.05) is 23.3 Å². The van der Waals surface area contributed by atoms with Gasteiger partial charge in [0.15, 0.2) is 0 Å². The lowest BCUT2D eigenvalue weighted by Crippen LogP contribution is -2.17. The Hall–Kier alpha value is -3.65. The average Bonchev–Trinajstić information content (AvgIpc) is 2.72. The molecule has 0 aliphatic carbocycles. The molecule has 0 aromatic heterocycles. The highest BCUT2D eigenvalue weighted by molar-refractivity contribution is 5.95. The standard InChI is InChI=1S/C19H19N3O5/c1-26-16-9-8-15(17(11-16)27-2)12-20-21-19(24)14-6-3-13(4-7-14)5-10-18(23)22-25/h3-12,25H,1-2H3,(H,21,24)(H,22,23)/b10-5+,20-12+. The number of benzene rings is 2. The van der Waals surface area contributed by atoms with Crippen molar-refractivity contribution in [2.75, 3.05) is 14.2 Å². The fourth-order valence-electron chi connectivity index (χ4n) is 2.10. The summed E-state index contributed by atoms with van der Waals surface area (Å²) in [6.45, 7) is 0. The molecule has 0 saturated heterocycles. The first-order valence-corrected chi connectivity index (χ1v) is 7.85. The van der Waals surface area contributed by atoms with Crippen molar-refractivity contribution < 1.29 is 24.3 Å². The summed E-state index contributed by atoms with van der Waals surface area (Å²) in [4.78, 5) is 23.1. The monoisotopic (exact) mass is 369 g/mol. The molecule has 0 fully saturated rings. The molecule has 27 heavy (non-hydrogen) atoms. The fourth-order valence-corrected chi connectivity index (χ4v) is 2.10. The minimum absolute atomic E-state index is 0.387. The molecule has 0 saturated carbocycles. The predicted octanol–water partition coefficient (Wildman–Crippen LogP) is 1.99. The van der Waals surface area contributed by atoms with Crippen LogP contribution in [-0.2, 0) is 4.79 Å². The second-order valence-corrected chi connectivity index (χ2v) is 5.24. The second kappa shape index (κ2) is 9.73. The van der Waals surface area contributed by atoms with Crippen LogP contribution in [0.25, 0.3) is 6.08 Å². The summed E-state index contributed by atoms with van der Waals surface area (Å²) in [7, 11) is 3.09. The Balaban J connectivity index is 2.00. The van der Waals surface area contributed by atoms with E-state index in [0.717, 1.165) is 0 Å². The number of nitrogens with zero attached hydrogens (tertiary/aromatic N) is 1. The molecule has 8 nitrogen and oxygen atoms in total. The molecule has 2 aromatic carbocycles. The Labute approximate surface area is 156 Å². The molecule has 2 rings (SSSR count). The van der Waals surface area contributed by atoms with Gasteiger partial charge in [0.05, 0.1) is 20.4 Å². The highest BCUT2D eigenvalue weighted by Gasteiger charge is 2.05.